The van der Waals surface area contributed by atoms with Gasteiger partial charge in [0, 0.05) is 5.92 Å². The molecule has 1 fully saturated rings. The Labute approximate surface area is 110 Å². The van der Waals surface area contributed by atoms with E-state index in [4.69, 9.17) is 5.73 Å². The number of nitrogens with zero attached hydrogens (tertiary/aromatic N) is 4. The minimum Gasteiger partial charge on any atom is -0.368 e. The lowest BCUT2D eigenvalue weighted by Gasteiger charge is -2.09. The fraction of sp³-hybridized carbons (Fsp3) is 0.385. The zero-order valence-electron chi connectivity index (χ0n) is 10.4. The SMILES string of the molecule is Nc1nc(-c2ccc(F)cn2)nc(C2CCCC2)n1. The van der Waals surface area contributed by atoms with Crippen LogP contribution in [0.2, 0.25) is 0 Å². The zero-order chi connectivity index (χ0) is 13.2. The number of nitrogens with two attached hydrogens (primary N) is 1. The highest BCUT2D eigenvalue weighted by Crippen LogP contribution is 2.32. The van der Waals surface area contributed by atoms with E-state index in [2.05, 4.69) is 19.9 Å². The number of rotatable bonds is 2. The van der Waals surface area contributed by atoms with Crippen molar-refractivity contribution in [3.63, 3.8) is 0 Å². The van der Waals surface area contributed by atoms with Gasteiger partial charge in [0.25, 0.3) is 0 Å². The number of pyridine rings is 1. The van der Waals surface area contributed by atoms with E-state index in [0.29, 0.717) is 17.4 Å². The van der Waals surface area contributed by atoms with Gasteiger partial charge in [-0.3, -0.25) is 0 Å². The Balaban J connectivity index is 1.99. The van der Waals surface area contributed by atoms with Gasteiger partial charge < -0.3 is 5.73 Å². The summed E-state index contributed by atoms with van der Waals surface area (Å²) >= 11 is 0. The molecule has 0 unspecified atom stereocenters. The molecule has 0 amide bonds. The summed E-state index contributed by atoms with van der Waals surface area (Å²) in [5.74, 6) is 1.30. The van der Waals surface area contributed by atoms with Crippen molar-refractivity contribution >= 4 is 5.95 Å². The highest BCUT2D eigenvalue weighted by Gasteiger charge is 2.21. The lowest BCUT2D eigenvalue weighted by atomic mass is 10.1. The third-order valence-electron chi connectivity index (χ3n) is 3.35. The van der Waals surface area contributed by atoms with Crippen molar-refractivity contribution < 1.29 is 4.39 Å². The molecule has 0 aliphatic heterocycles. The van der Waals surface area contributed by atoms with Gasteiger partial charge in [-0.25, -0.2) is 14.4 Å². The van der Waals surface area contributed by atoms with Crippen LogP contribution in [0.1, 0.15) is 37.4 Å². The summed E-state index contributed by atoms with van der Waals surface area (Å²) in [6.45, 7) is 0. The molecule has 98 valence electrons. The van der Waals surface area contributed by atoms with Crippen LogP contribution in [-0.2, 0) is 0 Å². The van der Waals surface area contributed by atoms with Crippen molar-refractivity contribution in [2.45, 2.75) is 31.6 Å². The molecule has 0 atom stereocenters. The number of hydrogen-bond acceptors (Lipinski definition) is 5. The number of aromatic nitrogens is 4. The molecule has 2 heterocycles. The van der Waals surface area contributed by atoms with Crippen LogP contribution in [0.4, 0.5) is 10.3 Å². The van der Waals surface area contributed by atoms with Crippen molar-refractivity contribution in [1.29, 1.82) is 0 Å². The van der Waals surface area contributed by atoms with Crippen LogP contribution in [0.3, 0.4) is 0 Å². The molecule has 3 rings (SSSR count). The van der Waals surface area contributed by atoms with Crippen LogP contribution in [0.25, 0.3) is 11.5 Å². The fourth-order valence-electron chi connectivity index (χ4n) is 2.40. The minimum absolute atomic E-state index is 0.193. The number of halogens is 1. The average molecular weight is 259 g/mol. The molecule has 2 aromatic heterocycles. The molecular weight excluding hydrogens is 245 g/mol. The molecule has 1 aliphatic carbocycles. The summed E-state index contributed by atoms with van der Waals surface area (Å²) in [6, 6.07) is 2.88. The molecule has 19 heavy (non-hydrogen) atoms. The molecule has 1 aliphatic rings. The van der Waals surface area contributed by atoms with Crippen LogP contribution >= 0.6 is 0 Å². The molecule has 2 aromatic rings. The highest BCUT2D eigenvalue weighted by molar-refractivity contribution is 5.50. The lowest BCUT2D eigenvalue weighted by molar-refractivity contribution is 0.621. The van der Waals surface area contributed by atoms with Crippen molar-refractivity contribution in [3.8, 4) is 11.5 Å². The highest BCUT2D eigenvalue weighted by atomic mass is 19.1. The van der Waals surface area contributed by atoms with E-state index in [1.54, 1.807) is 6.07 Å². The van der Waals surface area contributed by atoms with Gasteiger partial charge in [-0.1, -0.05) is 12.8 Å². The van der Waals surface area contributed by atoms with Gasteiger partial charge in [0.1, 0.15) is 17.3 Å². The second-order valence-corrected chi connectivity index (χ2v) is 4.72. The maximum Gasteiger partial charge on any atom is 0.223 e. The molecule has 2 N–H and O–H groups in total. The molecule has 0 aromatic carbocycles. The Kier molecular flexibility index (Phi) is 3.06. The Bertz CT molecular complexity index is 578. The normalized spacial score (nSPS) is 15.8. The zero-order valence-corrected chi connectivity index (χ0v) is 10.4. The summed E-state index contributed by atoms with van der Waals surface area (Å²) in [6.07, 6.45) is 5.70. The first-order valence-corrected chi connectivity index (χ1v) is 6.36. The smallest absolute Gasteiger partial charge is 0.223 e. The Morgan fingerprint density at radius 3 is 2.58 bits per heavy atom. The van der Waals surface area contributed by atoms with Crippen LogP contribution < -0.4 is 5.73 Å². The molecule has 6 heteroatoms. The van der Waals surface area contributed by atoms with E-state index in [9.17, 15) is 4.39 Å². The number of anilines is 1. The first-order chi connectivity index (χ1) is 9.22. The van der Waals surface area contributed by atoms with Gasteiger partial charge in [-0.05, 0) is 25.0 Å². The van der Waals surface area contributed by atoms with Crippen molar-refractivity contribution in [2.75, 3.05) is 5.73 Å². The van der Waals surface area contributed by atoms with E-state index in [1.807, 2.05) is 0 Å². The second kappa shape index (κ2) is 4.87. The molecule has 0 bridgehead atoms. The second-order valence-electron chi connectivity index (χ2n) is 4.72. The summed E-state index contributed by atoms with van der Waals surface area (Å²) in [5.41, 5.74) is 6.24. The monoisotopic (exact) mass is 259 g/mol. The van der Waals surface area contributed by atoms with Gasteiger partial charge in [0.2, 0.25) is 5.95 Å². The molecule has 0 saturated heterocycles. The molecule has 0 radical (unpaired) electrons. The molecule has 5 nitrogen and oxygen atoms in total. The standard InChI is InChI=1S/C13H14FN5/c14-9-5-6-10(16-7-9)12-17-11(18-13(15)19-12)8-3-1-2-4-8/h5-8H,1-4H2,(H2,15,17,18,19). The Morgan fingerprint density at radius 1 is 1.11 bits per heavy atom. The van der Waals surface area contributed by atoms with Gasteiger partial charge in [-0.2, -0.15) is 9.97 Å². The van der Waals surface area contributed by atoms with Crippen LogP contribution in [0.5, 0.6) is 0 Å². The topological polar surface area (TPSA) is 77.6 Å². The summed E-state index contributed by atoms with van der Waals surface area (Å²) in [5, 5.41) is 0. The number of nitrogen functional groups attached to an aromatic ring is 1. The van der Waals surface area contributed by atoms with E-state index in [0.717, 1.165) is 24.9 Å². The van der Waals surface area contributed by atoms with Crippen molar-refractivity contribution in [3.05, 3.63) is 30.0 Å². The van der Waals surface area contributed by atoms with Gasteiger partial charge in [0.05, 0.1) is 6.20 Å². The van der Waals surface area contributed by atoms with Gasteiger partial charge >= 0.3 is 0 Å². The molecule has 1 saturated carbocycles. The maximum absolute atomic E-state index is 12.9. The molecular formula is C13H14FN5. The van der Waals surface area contributed by atoms with Crippen LogP contribution in [0, 0.1) is 5.82 Å². The predicted molar refractivity (Wildman–Crippen MR) is 68.6 cm³/mol. The van der Waals surface area contributed by atoms with Crippen LogP contribution in [-0.4, -0.2) is 19.9 Å². The third kappa shape index (κ3) is 2.52. The van der Waals surface area contributed by atoms with Crippen molar-refractivity contribution in [1.82, 2.24) is 19.9 Å². The minimum atomic E-state index is -0.387. The summed E-state index contributed by atoms with van der Waals surface area (Å²) in [7, 11) is 0. The maximum atomic E-state index is 12.9. The van der Waals surface area contributed by atoms with Crippen LogP contribution in [0.15, 0.2) is 18.3 Å². The fourth-order valence-corrected chi connectivity index (χ4v) is 2.40. The van der Waals surface area contributed by atoms with Gasteiger partial charge in [0.15, 0.2) is 5.82 Å². The average Bonchev–Trinajstić information content (AvgIpc) is 2.93. The lowest BCUT2D eigenvalue weighted by Crippen LogP contribution is -2.08. The van der Waals surface area contributed by atoms with E-state index < -0.39 is 0 Å². The van der Waals surface area contributed by atoms with E-state index in [1.165, 1.54) is 18.9 Å². The largest absolute Gasteiger partial charge is 0.368 e. The third-order valence-corrected chi connectivity index (χ3v) is 3.35. The van der Waals surface area contributed by atoms with Crippen molar-refractivity contribution in [2.24, 2.45) is 0 Å². The Hall–Kier alpha value is -2.11. The predicted octanol–water partition coefficient (Wildman–Crippen LogP) is 2.31. The summed E-state index contributed by atoms with van der Waals surface area (Å²) < 4.78 is 12.9. The van der Waals surface area contributed by atoms with Gasteiger partial charge in [-0.15, -0.1) is 0 Å². The Morgan fingerprint density at radius 2 is 1.89 bits per heavy atom. The number of hydrogen-bond donors (Lipinski definition) is 1. The first-order valence-electron chi connectivity index (χ1n) is 6.36. The van der Waals surface area contributed by atoms with E-state index in [-0.39, 0.29) is 11.8 Å². The summed E-state index contributed by atoms with van der Waals surface area (Å²) in [4.78, 5) is 16.7. The quantitative estimate of drug-likeness (QED) is 0.895. The van der Waals surface area contributed by atoms with E-state index >= 15 is 0 Å². The first kappa shape index (κ1) is 12.0. The molecule has 0 spiro atoms.